The zero-order valence-corrected chi connectivity index (χ0v) is 10.9. The minimum absolute atomic E-state index is 0.00137. The van der Waals surface area contributed by atoms with E-state index in [1.165, 1.54) is 0 Å². The molecule has 1 amide bonds. The van der Waals surface area contributed by atoms with E-state index in [-0.39, 0.29) is 13.0 Å². The summed E-state index contributed by atoms with van der Waals surface area (Å²) in [5.41, 5.74) is 0.367. The number of amides is 1. The summed E-state index contributed by atoms with van der Waals surface area (Å²) in [7, 11) is 0. The monoisotopic (exact) mass is 278 g/mol. The molecule has 0 radical (unpaired) electrons. The average molecular weight is 278 g/mol. The number of carbonyl (C=O) groups excluding carboxylic acids is 2. The molecule has 1 aromatic rings. The SMILES string of the molecule is CCOC1CC(C(=O)c2ccccc2)C(=O)N1[N+](=O)[O-]. The minimum atomic E-state index is -1.06. The van der Waals surface area contributed by atoms with Crippen molar-refractivity contribution >= 4 is 11.7 Å². The summed E-state index contributed by atoms with van der Waals surface area (Å²) in [6.45, 7) is 1.91. The number of hydrazine groups is 1. The predicted molar refractivity (Wildman–Crippen MR) is 68.1 cm³/mol. The minimum Gasteiger partial charge on any atom is -0.352 e. The number of nitrogens with zero attached hydrogens (tertiary/aromatic N) is 2. The van der Waals surface area contributed by atoms with E-state index in [0.29, 0.717) is 10.6 Å². The molecule has 7 nitrogen and oxygen atoms in total. The molecule has 1 aromatic carbocycles. The standard InChI is InChI=1S/C13H14N2O5/c1-2-20-11-8-10(13(17)14(11)15(18)19)12(16)9-6-4-3-5-7-9/h3-7,10-11H,2,8H2,1H3. The maximum atomic E-state index is 12.2. The Bertz CT molecular complexity index is 531. The van der Waals surface area contributed by atoms with Crippen molar-refractivity contribution in [2.24, 2.45) is 5.92 Å². The van der Waals surface area contributed by atoms with Crippen molar-refractivity contribution in [1.82, 2.24) is 5.01 Å². The first-order chi connectivity index (χ1) is 9.56. The number of nitro groups is 1. The fourth-order valence-corrected chi connectivity index (χ4v) is 2.24. The highest BCUT2D eigenvalue weighted by Crippen LogP contribution is 2.28. The zero-order chi connectivity index (χ0) is 14.7. The van der Waals surface area contributed by atoms with Gasteiger partial charge in [-0.25, -0.2) is 10.1 Å². The van der Waals surface area contributed by atoms with Gasteiger partial charge in [0.2, 0.25) is 0 Å². The fraction of sp³-hybridized carbons (Fsp3) is 0.385. The Labute approximate surface area is 115 Å². The Balaban J connectivity index is 2.23. The maximum Gasteiger partial charge on any atom is 0.297 e. The first-order valence-electron chi connectivity index (χ1n) is 6.24. The van der Waals surface area contributed by atoms with Crippen LogP contribution in [0, 0.1) is 16.0 Å². The Morgan fingerprint density at radius 3 is 2.65 bits per heavy atom. The van der Waals surface area contributed by atoms with Crippen molar-refractivity contribution < 1.29 is 19.4 Å². The second-order valence-electron chi connectivity index (χ2n) is 4.35. The fourth-order valence-electron chi connectivity index (χ4n) is 2.24. The van der Waals surface area contributed by atoms with Crippen molar-refractivity contribution in [2.45, 2.75) is 19.6 Å². The van der Waals surface area contributed by atoms with E-state index in [0.717, 1.165) is 0 Å². The summed E-state index contributed by atoms with van der Waals surface area (Å²) in [4.78, 5) is 35.2. The summed E-state index contributed by atoms with van der Waals surface area (Å²) in [5, 5.41) is 10.5. The van der Waals surface area contributed by atoms with Crippen LogP contribution in [0.5, 0.6) is 0 Å². The van der Waals surface area contributed by atoms with Crippen LogP contribution in [0.4, 0.5) is 0 Å². The Morgan fingerprint density at radius 2 is 2.10 bits per heavy atom. The molecule has 1 saturated heterocycles. The topological polar surface area (TPSA) is 89.8 Å². The van der Waals surface area contributed by atoms with Crippen LogP contribution in [-0.4, -0.2) is 34.6 Å². The van der Waals surface area contributed by atoms with Gasteiger partial charge in [0.15, 0.2) is 17.0 Å². The van der Waals surface area contributed by atoms with Gasteiger partial charge in [-0.15, -0.1) is 0 Å². The molecule has 2 atom stereocenters. The normalized spacial score (nSPS) is 22.1. The van der Waals surface area contributed by atoms with Gasteiger partial charge in [0, 0.05) is 18.6 Å². The van der Waals surface area contributed by atoms with E-state index in [2.05, 4.69) is 0 Å². The van der Waals surface area contributed by atoms with E-state index in [1.807, 2.05) is 0 Å². The van der Waals surface area contributed by atoms with Crippen LogP contribution in [0.1, 0.15) is 23.7 Å². The lowest BCUT2D eigenvalue weighted by Crippen LogP contribution is -2.40. The van der Waals surface area contributed by atoms with Gasteiger partial charge >= 0.3 is 0 Å². The molecule has 0 aliphatic carbocycles. The van der Waals surface area contributed by atoms with E-state index in [9.17, 15) is 19.7 Å². The van der Waals surface area contributed by atoms with Gasteiger partial charge in [0.05, 0.1) is 0 Å². The highest BCUT2D eigenvalue weighted by Gasteiger charge is 2.50. The molecule has 1 heterocycles. The Kier molecular flexibility index (Phi) is 4.09. The number of hydrogen-bond acceptors (Lipinski definition) is 5. The van der Waals surface area contributed by atoms with Gasteiger partial charge in [0.1, 0.15) is 5.92 Å². The Hall–Kier alpha value is -2.28. The molecule has 7 heteroatoms. The van der Waals surface area contributed by atoms with Crippen molar-refractivity contribution in [1.29, 1.82) is 0 Å². The molecule has 106 valence electrons. The van der Waals surface area contributed by atoms with Crippen LogP contribution in [0.3, 0.4) is 0 Å². The lowest BCUT2D eigenvalue weighted by atomic mass is 9.96. The number of hydrogen-bond donors (Lipinski definition) is 0. The van der Waals surface area contributed by atoms with Crippen molar-refractivity contribution in [3.05, 3.63) is 46.0 Å². The molecule has 1 aliphatic rings. The van der Waals surface area contributed by atoms with E-state index >= 15 is 0 Å². The predicted octanol–water partition coefficient (Wildman–Crippen LogP) is 1.27. The van der Waals surface area contributed by atoms with E-state index in [4.69, 9.17) is 4.74 Å². The molecule has 0 saturated carbocycles. The first kappa shape index (κ1) is 14.1. The highest BCUT2D eigenvalue weighted by atomic mass is 16.7. The Morgan fingerprint density at radius 1 is 1.45 bits per heavy atom. The third kappa shape index (κ3) is 2.53. The van der Waals surface area contributed by atoms with Crippen LogP contribution in [0.25, 0.3) is 0 Å². The second kappa shape index (κ2) is 5.79. The average Bonchev–Trinajstić information content (AvgIpc) is 2.76. The summed E-state index contributed by atoms with van der Waals surface area (Å²) in [6.07, 6.45) is -0.985. The molecule has 0 bridgehead atoms. The summed E-state index contributed by atoms with van der Waals surface area (Å²) >= 11 is 0. The van der Waals surface area contributed by atoms with Crippen LogP contribution in [0.15, 0.2) is 30.3 Å². The third-order valence-corrected chi connectivity index (χ3v) is 3.14. The zero-order valence-electron chi connectivity index (χ0n) is 10.9. The quantitative estimate of drug-likeness (QED) is 0.350. The number of Topliss-reactive ketones (excluding diaryl/α,β-unsaturated/α-hetero) is 1. The molecule has 0 aromatic heterocycles. The molecule has 0 spiro atoms. The maximum absolute atomic E-state index is 12.2. The lowest BCUT2D eigenvalue weighted by Gasteiger charge is -2.13. The largest absolute Gasteiger partial charge is 0.352 e. The van der Waals surface area contributed by atoms with Gasteiger partial charge in [-0.05, 0) is 11.9 Å². The van der Waals surface area contributed by atoms with Crippen LogP contribution in [-0.2, 0) is 9.53 Å². The summed E-state index contributed by atoms with van der Waals surface area (Å²) in [6, 6.07) is 8.27. The molecule has 2 rings (SSSR count). The number of ketones is 1. The van der Waals surface area contributed by atoms with Gasteiger partial charge in [0.25, 0.3) is 5.91 Å². The van der Waals surface area contributed by atoms with Gasteiger partial charge in [-0.1, -0.05) is 30.3 Å². The summed E-state index contributed by atoms with van der Waals surface area (Å²) in [5.74, 6) is -2.29. The first-order valence-corrected chi connectivity index (χ1v) is 6.24. The molecular weight excluding hydrogens is 264 g/mol. The number of ether oxygens (including phenoxy) is 1. The van der Waals surface area contributed by atoms with Gasteiger partial charge < -0.3 is 4.74 Å². The van der Waals surface area contributed by atoms with Crippen LogP contribution >= 0.6 is 0 Å². The molecule has 1 aliphatic heterocycles. The van der Waals surface area contributed by atoms with Crippen molar-refractivity contribution in [3.8, 4) is 0 Å². The van der Waals surface area contributed by atoms with Crippen LogP contribution < -0.4 is 0 Å². The van der Waals surface area contributed by atoms with Gasteiger partial charge in [-0.3, -0.25) is 9.59 Å². The van der Waals surface area contributed by atoms with Crippen LogP contribution in [0.2, 0.25) is 0 Å². The van der Waals surface area contributed by atoms with E-state index < -0.39 is 28.9 Å². The molecule has 1 fully saturated rings. The highest BCUT2D eigenvalue weighted by molar-refractivity contribution is 6.10. The second-order valence-corrected chi connectivity index (χ2v) is 4.35. The molecule has 2 unspecified atom stereocenters. The molecule has 0 N–H and O–H groups in total. The third-order valence-electron chi connectivity index (χ3n) is 3.14. The number of benzene rings is 1. The van der Waals surface area contributed by atoms with Gasteiger partial charge in [-0.2, -0.15) is 0 Å². The molecular formula is C13H14N2O5. The number of carbonyl (C=O) groups is 2. The number of rotatable bonds is 5. The smallest absolute Gasteiger partial charge is 0.297 e. The van der Waals surface area contributed by atoms with Crippen molar-refractivity contribution in [3.63, 3.8) is 0 Å². The van der Waals surface area contributed by atoms with E-state index in [1.54, 1.807) is 37.3 Å². The lowest BCUT2D eigenvalue weighted by molar-refractivity contribution is -0.650. The molecule has 20 heavy (non-hydrogen) atoms. The summed E-state index contributed by atoms with van der Waals surface area (Å²) < 4.78 is 5.17. The van der Waals surface area contributed by atoms with Crippen molar-refractivity contribution in [2.75, 3.05) is 6.61 Å².